The smallest absolute Gasteiger partial charge is 0.311 e. The summed E-state index contributed by atoms with van der Waals surface area (Å²) in [5.41, 5.74) is -1.94. The Morgan fingerprint density at radius 3 is 2.29 bits per heavy atom. The van der Waals surface area contributed by atoms with Crippen molar-refractivity contribution < 1.29 is 33.7 Å². The standard InChI is InChI=1S/C32H30Cl2FNO6/c1-2-31(40,19-11-13-41-14-12-19)21-15-24-27(26(35)16-21)32(20-5-9-23(34)10-6-20)36(29(24)37)28(25(17-42-32)30(38)39)18-3-7-22(33)8-4-18/h3-10,15-16,19,25,28,40H,2,11-14,17H2,1H3,(H,38,39)/t25-,28+,31?,32+/m0/s1. The SMILES string of the molecule is CCC(O)(c1cc(F)c2c(c1)C(=O)N1[C@H](c3ccc(Cl)cc3)[C@@H](C(=O)O)CO[C@]21c1ccc(Cl)cc1)C1CCOCC1. The molecule has 2 saturated heterocycles. The topological polar surface area (TPSA) is 96.3 Å². The molecule has 220 valence electrons. The van der Waals surface area contributed by atoms with Gasteiger partial charge in [0.15, 0.2) is 0 Å². The number of hydrogen-bond acceptors (Lipinski definition) is 5. The number of carboxylic acids is 1. The summed E-state index contributed by atoms with van der Waals surface area (Å²) in [6.07, 6.45) is 1.50. The molecule has 3 aliphatic heterocycles. The van der Waals surface area contributed by atoms with Gasteiger partial charge in [0, 0.05) is 28.8 Å². The molecule has 2 N–H and O–H groups in total. The van der Waals surface area contributed by atoms with Gasteiger partial charge in [0.25, 0.3) is 5.91 Å². The van der Waals surface area contributed by atoms with Crippen molar-refractivity contribution >= 4 is 35.1 Å². The molecule has 0 bridgehead atoms. The van der Waals surface area contributed by atoms with Gasteiger partial charge in [-0.05, 0) is 72.7 Å². The van der Waals surface area contributed by atoms with Crippen molar-refractivity contribution in [2.75, 3.05) is 19.8 Å². The second kappa shape index (κ2) is 10.9. The number of amides is 1. The molecule has 6 rings (SSSR count). The highest BCUT2D eigenvalue weighted by molar-refractivity contribution is 6.30. The molecule has 0 aromatic heterocycles. The summed E-state index contributed by atoms with van der Waals surface area (Å²) < 4.78 is 28.5. The molecule has 1 amide bonds. The summed E-state index contributed by atoms with van der Waals surface area (Å²) in [6.45, 7) is 2.51. The molecule has 3 heterocycles. The highest BCUT2D eigenvalue weighted by Crippen LogP contribution is 2.56. The van der Waals surface area contributed by atoms with Gasteiger partial charge in [-0.3, -0.25) is 14.5 Å². The molecule has 0 aliphatic carbocycles. The zero-order valence-electron chi connectivity index (χ0n) is 22.9. The van der Waals surface area contributed by atoms with Crippen molar-refractivity contribution in [2.45, 2.75) is 43.6 Å². The van der Waals surface area contributed by atoms with Crippen molar-refractivity contribution in [2.24, 2.45) is 11.8 Å². The molecule has 42 heavy (non-hydrogen) atoms. The number of hydrogen-bond donors (Lipinski definition) is 2. The summed E-state index contributed by atoms with van der Waals surface area (Å²) in [4.78, 5) is 28.4. The molecular formula is C32H30Cl2FNO6. The number of carbonyl (C=O) groups excluding carboxylic acids is 1. The minimum Gasteiger partial charge on any atom is -0.481 e. The van der Waals surface area contributed by atoms with Crippen LogP contribution in [0, 0.1) is 17.7 Å². The largest absolute Gasteiger partial charge is 0.481 e. The van der Waals surface area contributed by atoms with E-state index in [-0.39, 0.29) is 23.7 Å². The van der Waals surface area contributed by atoms with Crippen LogP contribution in [0.4, 0.5) is 4.39 Å². The van der Waals surface area contributed by atoms with E-state index in [1.54, 1.807) is 54.6 Å². The highest BCUT2D eigenvalue weighted by Gasteiger charge is 2.62. The van der Waals surface area contributed by atoms with Crippen LogP contribution in [-0.2, 0) is 25.6 Å². The average molecular weight is 614 g/mol. The van der Waals surface area contributed by atoms with E-state index in [0.717, 1.165) is 0 Å². The minimum absolute atomic E-state index is 0.0175. The van der Waals surface area contributed by atoms with Crippen LogP contribution in [0.5, 0.6) is 0 Å². The third-order valence-corrected chi connectivity index (χ3v) is 9.55. The number of benzene rings is 3. The lowest BCUT2D eigenvalue weighted by molar-refractivity contribution is -0.196. The third-order valence-electron chi connectivity index (χ3n) is 9.05. The van der Waals surface area contributed by atoms with Gasteiger partial charge < -0.3 is 19.7 Å². The van der Waals surface area contributed by atoms with Gasteiger partial charge in [0.05, 0.1) is 29.4 Å². The maximum absolute atomic E-state index is 16.6. The van der Waals surface area contributed by atoms with Gasteiger partial charge in [-0.25, -0.2) is 4.39 Å². The fourth-order valence-electron chi connectivity index (χ4n) is 6.90. The van der Waals surface area contributed by atoms with Crippen molar-refractivity contribution in [1.29, 1.82) is 0 Å². The van der Waals surface area contributed by atoms with Crippen LogP contribution in [0.15, 0.2) is 60.7 Å². The van der Waals surface area contributed by atoms with Crippen molar-refractivity contribution in [1.82, 2.24) is 4.90 Å². The van der Waals surface area contributed by atoms with Gasteiger partial charge in [-0.15, -0.1) is 0 Å². The van der Waals surface area contributed by atoms with Crippen LogP contribution in [0.1, 0.15) is 64.8 Å². The first-order valence-corrected chi connectivity index (χ1v) is 14.7. The van der Waals surface area contributed by atoms with Gasteiger partial charge in [0.2, 0.25) is 5.72 Å². The van der Waals surface area contributed by atoms with Crippen molar-refractivity contribution in [3.63, 3.8) is 0 Å². The van der Waals surface area contributed by atoms with Crippen molar-refractivity contribution in [3.8, 4) is 0 Å². The predicted octanol–water partition coefficient (Wildman–Crippen LogP) is 6.29. The molecule has 3 aliphatic rings. The van der Waals surface area contributed by atoms with Crippen LogP contribution in [-0.4, -0.2) is 46.8 Å². The van der Waals surface area contributed by atoms with Crippen LogP contribution in [0.25, 0.3) is 0 Å². The molecule has 3 aromatic rings. The van der Waals surface area contributed by atoms with Crippen LogP contribution in [0.2, 0.25) is 10.0 Å². The molecule has 7 nitrogen and oxygen atoms in total. The Kier molecular flexibility index (Phi) is 7.56. The zero-order chi connectivity index (χ0) is 29.8. The first-order chi connectivity index (χ1) is 20.1. The Hall–Kier alpha value is -3.01. The van der Waals surface area contributed by atoms with E-state index in [9.17, 15) is 19.8 Å². The summed E-state index contributed by atoms with van der Waals surface area (Å²) in [5.74, 6) is -3.83. The fourth-order valence-corrected chi connectivity index (χ4v) is 7.15. The summed E-state index contributed by atoms with van der Waals surface area (Å²) in [5, 5.41) is 23.0. The average Bonchev–Trinajstić information content (AvgIpc) is 3.26. The summed E-state index contributed by atoms with van der Waals surface area (Å²) in [7, 11) is 0. The van der Waals surface area contributed by atoms with Crippen molar-refractivity contribution in [3.05, 3.63) is 104 Å². The minimum atomic E-state index is -1.78. The molecule has 3 aromatic carbocycles. The van der Waals surface area contributed by atoms with Gasteiger partial charge in [-0.1, -0.05) is 54.4 Å². The highest BCUT2D eigenvalue weighted by atomic mass is 35.5. The van der Waals surface area contributed by atoms with E-state index in [1.807, 2.05) is 6.92 Å². The number of halogens is 3. The molecule has 0 saturated carbocycles. The van der Waals surface area contributed by atoms with E-state index >= 15 is 4.39 Å². The van der Waals surface area contributed by atoms with Gasteiger partial charge in [-0.2, -0.15) is 0 Å². The molecule has 1 unspecified atom stereocenters. The first-order valence-electron chi connectivity index (χ1n) is 14.0. The Bertz CT molecular complexity index is 1530. The lowest BCUT2D eigenvalue weighted by Crippen LogP contribution is -2.57. The van der Waals surface area contributed by atoms with Gasteiger partial charge >= 0.3 is 5.97 Å². The second-order valence-electron chi connectivity index (χ2n) is 11.1. The molecule has 4 atom stereocenters. The number of fused-ring (bicyclic) bond motifs is 3. The maximum atomic E-state index is 16.6. The molecule has 0 spiro atoms. The van der Waals surface area contributed by atoms with E-state index in [4.69, 9.17) is 32.7 Å². The first kappa shape index (κ1) is 29.1. The number of aliphatic carboxylic acids is 1. The normalized spacial score (nSPS) is 25.5. The molecular weight excluding hydrogens is 584 g/mol. The Morgan fingerprint density at radius 1 is 1.07 bits per heavy atom. The molecule has 0 radical (unpaired) electrons. The van der Waals surface area contributed by atoms with E-state index in [0.29, 0.717) is 59.2 Å². The number of rotatable bonds is 6. The number of carbonyl (C=O) groups is 2. The lowest BCUT2D eigenvalue weighted by Gasteiger charge is -2.49. The third kappa shape index (κ3) is 4.43. The number of carboxylic acid groups (broad SMARTS) is 1. The fraction of sp³-hybridized carbons (Fsp3) is 0.375. The summed E-state index contributed by atoms with van der Waals surface area (Å²) >= 11 is 12.3. The van der Waals surface area contributed by atoms with E-state index < -0.39 is 41.0 Å². The Labute approximate surface area is 252 Å². The summed E-state index contributed by atoms with van der Waals surface area (Å²) in [6, 6.07) is 14.9. The number of aliphatic hydroxyl groups is 1. The van der Waals surface area contributed by atoms with Gasteiger partial charge in [0.1, 0.15) is 11.7 Å². The van der Waals surface area contributed by atoms with E-state index in [1.165, 1.54) is 11.0 Å². The maximum Gasteiger partial charge on any atom is 0.311 e. The van der Waals surface area contributed by atoms with Crippen LogP contribution < -0.4 is 0 Å². The lowest BCUT2D eigenvalue weighted by atomic mass is 9.74. The monoisotopic (exact) mass is 613 g/mol. The van der Waals surface area contributed by atoms with Crippen LogP contribution in [0.3, 0.4) is 0 Å². The molecule has 2 fully saturated rings. The Morgan fingerprint density at radius 2 is 1.69 bits per heavy atom. The zero-order valence-corrected chi connectivity index (χ0v) is 24.4. The number of nitrogens with zero attached hydrogens (tertiary/aromatic N) is 1. The Balaban J connectivity index is 1.59. The van der Waals surface area contributed by atoms with Crippen LogP contribution >= 0.6 is 23.2 Å². The predicted molar refractivity (Wildman–Crippen MR) is 154 cm³/mol. The number of ether oxygens (including phenoxy) is 2. The second-order valence-corrected chi connectivity index (χ2v) is 12.0. The molecule has 10 heteroatoms. The van der Waals surface area contributed by atoms with E-state index in [2.05, 4.69) is 0 Å². The quantitative estimate of drug-likeness (QED) is 0.339.